The van der Waals surface area contributed by atoms with Gasteiger partial charge in [-0.1, -0.05) is 72.3 Å². The smallest absolute Gasteiger partial charge is 0.244 e. The van der Waals surface area contributed by atoms with Crippen LogP contribution in [0.15, 0.2) is 78.9 Å². The summed E-state index contributed by atoms with van der Waals surface area (Å²) >= 11 is 6.11. The zero-order valence-electron chi connectivity index (χ0n) is 21.2. The Balaban J connectivity index is 2.05. The summed E-state index contributed by atoms with van der Waals surface area (Å²) in [6, 6.07) is 22.5. The molecule has 0 spiro atoms. The molecule has 3 aromatic carbocycles. The van der Waals surface area contributed by atoms with Gasteiger partial charge in [0.15, 0.2) is 0 Å². The summed E-state index contributed by atoms with van der Waals surface area (Å²) in [5, 5.41) is 3.19. The lowest BCUT2D eigenvalue weighted by Crippen LogP contribution is -2.53. The van der Waals surface area contributed by atoms with Crippen molar-refractivity contribution in [3.63, 3.8) is 0 Å². The largest absolute Gasteiger partial charge is 0.355 e. The Bertz CT molecular complexity index is 1330. The molecule has 0 aliphatic heterocycles. The summed E-state index contributed by atoms with van der Waals surface area (Å²) < 4.78 is 26.5. The van der Waals surface area contributed by atoms with Crippen molar-refractivity contribution in [1.29, 1.82) is 0 Å². The summed E-state index contributed by atoms with van der Waals surface area (Å²) in [6.07, 6.45) is 1.32. The van der Waals surface area contributed by atoms with Gasteiger partial charge in [-0.25, -0.2) is 8.42 Å². The van der Waals surface area contributed by atoms with E-state index < -0.39 is 28.5 Å². The highest BCUT2D eigenvalue weighted by molar-refractivity contribution is 7.92. The fourth-order valence-corrected chi connectivity index (χ4v) is 5.09. The molecule has 1 atom stereocenters. The van der Waals surface area contributed by atoms with E-state index in [1.807, 2.05) is 68.4 Å². The van der Waals surface area contributed by atoms with Gasteiger partial charge >= 0.3 is 0 Å². The zero-order chi connectivity index (χ0) is 27.0. The van der Waals surface area contributed by atoms with E-state index in [2.05, 4.69) is 5.32 Å². The zero-order valence-corrected chi connectivity index (χ0v) is 22.8. The molecule has 0 aromatic heterocycles. The third-order valence-electron chi connectivity index (χ3n) is 6.00. The maximum Gasteiger partial charge on any atom is 0.244 e. The molecule has 0 saturated carbocycles. The average molecular weight is 542 g/mol. The normalized spacial score (nSPS) is 12.0. The topological polar surface area (TPSA) is 86.8 Å². The fourth-order valence-electron chi connectivity index (χ4n) is 4.06. The first-order valence-corrected chi connectivity index (χ1v) is 14.2. The number of carbonyl (C=O) groups excluding carboxylic acids is 2. The number of hydrogen-bond acceptors (Lipinski definition) is 4. The average Bonchev–Trinajstić information content (AvgIpc) is 2.85. The molecule has 0 bridgehead atoms. The van der Waals surface area contributed by atoms with Gasteiger partial charge in [0.2, 0.25) is 21.8 Å². The number of nitrogens with one attached hydrogen (secondary N) is 1. The van der Waals surface area contributed by atoms with Crippen LogP contribution in [0.3, 0.4) is 0 Å². The third kappa shape index (κ3) is 7.81. The van der Waals surface area contributed by atoms with Gasteiger partial charge in [0.05, 0.1) is 11.9 Å². The van der Waals surface area contributed by atoms with Gasteiger partial charge in [-0.3, -0.25) is 13.9 Å². The molecule has 0 radical (unpaired) electrons. The molecule has 1 N–H and O–H groups in total. The van der Waals surface area contributed by atoms with Crippen molar-refractivity contribution in [3.8, 4) is 0 Å². The van der Waals surface area contributed by atoms with Crippen molar-refractivity contribution >= 4 is 39.1 Å². The van der Waals surface area contributed by atoms with Crippen molar-refractivity contribution in [2.24, 2.45) is 0 Å². The predicted octanol–water partition coefficient (Wildman–Crippen LogP) is 4.19. The number of anilines is 1. The first-order valence-electron chi connectivity index (χ1n) is 12.0. The summed E-state index contributed by atoms with van der Waals surface area (Å²) in [6.45, 7) is 3.82. The van der Waals surface area contributed by atoms with Crippen LogP contribution in [0, 0.1) is 6.92 Å². The molecule has 0 aliphatic carbocycles. The summed E-state index contributed by atoms with van der Waals surface area (Å²) in [5.41, 5.74) is 2.99. The molecule has 0 fully saturated rings. The molecule has 196 valence electrons. The number of aryl methyl sites for hydroxylation is 1. The Morgan fingerprint density at radius 3 is 2.27 bits per heavy atom. The van der Waals surface area contributed by atoms with E-state index >= 15 is 0 Å². The van der Waals surface area contributed by atoms with Crippen molar-refractivity contribution in [1.82, 2.24) is 10.2 Å². The first kappa shape index (κ1) is 28.2. The van der Waals surface area contributed by atoms with Gasteiger partial charge in [0.1, 0.15) is 12.6 Å². The van der Waals surface area contributed by atoms with Crippen molar-refractivity contribution < 1.29 is 18.0 Å². The molecule has 2 amide bonds. The molecule has 7 nitrogen and oxygen atoms in total. The van der Waals surface area contributed by atoms with Crippen LogP contribution in [-0.4, -0.2) is 50.5 Å². The van der Waals surface area contributed by atoms with Crippen LogP contribution < -0.4 is 9.62 Å². The highest BCUT2D eigenvalue weighted by atomic mass is 35.5. The number of carbonyl (C=O) groups is 2. The van der Waals surface area contributed by atoms with Crippen molar-refractivity contribution in [2.75, 3.05) is 23.7 Å². The predicted molar refractivity (Wildman–Crippen MR) is 148 cm³/mol. The lowest BCUT2D eigenvalue weighted by molar-refractivity contribution is -0.140. The van der Waals surface area contributed by atoms with Gasteiger partial charge in [0.25, 0.3) is 0 Å². The molecule has 3 aromatic rings. The van der Waals surface area contributed by atoms with Crippen molar-refractivity contribution in [3.05, 3.63) is 101 Å². The van der Waals surface area contributed by atoms with E-state index in [4.69, 9.17) is 11.6 Å². The van der Waals surface area contributed by atoms with Gasteiger partial charge in [0, 0.05) is 24.5 Å². The van der Waals surface area contributed by atoms with Crippen LogP contribution in [0.4, 0.5) is 5.69 Å². The standard InChI is InChI=1S/C28H32ClN3O4S/c1-4-30-28(34)26(17-22-12-6-5-7-13-22)31(19-23-14-9-8-11-21(23)2)27(33)20-32(37(3,35)36)25-16-10-15-24(29)18-25/h5-16,18,26H,4,17,19-20H2,1-3H3,(H,30,34)/t26-/m1/s1. The number of nitrogens with zero attached hydrogens (tertiary/aromatic N) is 2. The van der Waals surface area contributed by atoms with E-state index in [1.165, 1.54) is 11.0 Å². The highest BCUT2D eigenvalue weighted by Gasteiger charge is 2.33. The second-order valence-corrected chi connectivity index (χ2v) is 11.1. The Hall–Kier alpha value is -3.36. The molecule has 0 aliphatic rings. The fraction of sp³-hybridized carbons (Fsp3) is 0.286. The van der Waals surface area contributed by atoms with Crippen LogP contribution in [0.1, 0.15) is 23.6 Å². The Morgan fingerprint density at radius 1 is 0.973 bits per heavy atom. The van der Waals surface area contributed by atoms with E-state index in [0.717, 1.165) is 27.3 Å². The van der Waals surface area contributed by atoms with Crippen LogP contribution in [0.5, 0.6) is 0 Å². The molecule has 0 unspecified atom stereocenters. The summed E-state index contributed by atoms with van der Waals surface area (Å²) in [4.78, 5) is 28.7. The molecule has 0 saturated heterocycles. The number of likely N-dealkylation sites (N-methyl/N-ethyl adjacent to an activating group) is 1. The van der Waals surface area contributed by atoms with Gasteiger partial charge in [-0.2, -0.15) is 0 Å². The summed E-state index contributed by atoms with van der Waals surface area (Å²) in [5.74, 6) is -0.803. The second-order valence-electron chi connectivity index (χ2n) is 8.80. The quantitative estimate of drug-likeness (QED) is 0.394. The van der Waals surface area contributed by atoms with E-state index in [9.17, 15) is 18.0 Å². The lowest BCUT2D eigenvalue weighted by Gasteiger charge is -2.33. The SMILES string of the molecule is CCNC(=O)[C@@H](Cc1ccccc1)N(Cc1ccccc1C)C(=O)CN(c1cccc(Cl)c1)S(C)(=O)=O. The number of sulfonamides is 1. The Kier molecular flexibility index (Phi) is 9.72. The maximum atomic E-state index is 13.9. The monoisotopic (exact) mass is 541 g/mol. The molecular formula is C28H32ClN3O4S. The van der Waals surface area contributed by atoms with Gasteiger partial charge in [-0.15, -0.1) is 0 Å². The third-order valence-corrected chi connectivity index (χ3v) is 7.38. The number of halogens is 1. The molecule has 3 rings (SSSR count). The van der Waals surface area contributed by atoms with Crippen molar-refractivity contribution in [2.45, 2.75) is 32.9 Å². The number of rotatable bonds is 11. The molecular weight excluding hydrogens is 510 g/mol. The minimum atomic E-state index is -3.83. The van der Waals surface area contributed by atoms with Crippen LogP contribution in [0.2, 0.25) is 5.02 Å². The summed E-state index contributed by atoms with van der Waals surface area (Å²) in [7, 11) is -3.83. The van der Waals surface area contributed by atoms with E-state index in [1.54, 1.807) is 18.2 Å². The van der Waals surface area contributed by atoms with E-state index in [-0.39, 0.29) is 24.6 Å². The second kappa shape index (κ2) is 12.7. The number of amides is 2. The molecule has 9 heteroatoms. The van der Waals surface area contributed by atoms with Crippen LogP contribution in [-0.2, 0) is 32.6 Å². The Labute approximate surface area is 224 Å². The molecule has 37 heavy (non-hydrogen) atoms. The van der Waals surface area contributed by atoms with Gasteiger partial charge in [-0.05, 0) is 48.7 Å². The van der Waals surface area contributed by atoms with E-state index in [0.29, 0.717) is 11.6 Å². The van der Waals surface area contributed by atoms with Crippen LogP contribution >= 0.6 is 11.6 Å². The number of hydrogen-bond donors (Lipinski definition) is 1. The minimum absolute atomic E-state index is 0.146. The Morgan fingerprint density at radius 2 is 1.65 bits per heavy atom. The minimum Gasteiger partial charge on any atom is -0.355 e. The molecule has 0 heterocycles. The highest BCUT2D eigenvalue weighted by Crippen LogP contribution is 2.23. The van der Waals surface area contributed by atoms with Crippen LogP contribution in [0.25, 0.3) is 0 Å². The first-order chi connectivity index (χ1) is 17.6. The lowest BCUT2D eigenvalue weighted by atomic mass is 10.0. The number of benzene rings is 3. The van der Waals surface area contributed by atoms with Gasteiger partial charge < -0.3 is 10.2 Å². The maximum absolute atomic E-state index is 13.9.